The number of thiophene rings is 1. The first-order valence-electron chi connectivity index (χ1n) is 5.19. The second-order valence-corrected chi connectivity index (χ2v) is 8.75. The molecule has 98 valence electrons. The molecule has 0 aromatic carbocycles. The monoisotopic (exact) mass is 340 g/mol. The number of halogens is 1. The molecule has 0 aliphatic heterocycles. The number of hydrogen-bond acceptors (Lipinski definition) is 4. The Balaban J connectivity index is 2.97. The smallest absolute Gasteiger partial charge is 0.244 e. The largest absolute Gasteiger partial charge is 0.310 e. The fourth-order valence-corrected chi connectivity index (χ4v) is 4.64. The quantitative estimate of drug-likeness (QED) is 0.894. The molecular formula is C10H17BrN2O2S2. The Kier molecular flexibility index (Phi) is 5.15. The predicted octanol–water partition coefficient (Wildman–Crippen LogP) is 2.26. The van der Waals surface area contributed by atoms with Gasteiger partial charge < -0.3 is 5.32 Å². The van der Waals surface area contributed by atoms with E-state index in [0.717, 1.165) is 4.88 Å². The van der Waals surface area contributed by atoms with Gasteiger partial charge in [0.1, 0.15) is 4.90 Å². The van der Waals surface area contributed by atoms with Gasteiger partial charge in [-0.25, -0.2) is 12.7 Å². The van der Waals surface area contributed by atoms with E-state index in [1.165, 1.54) is 29.7 Å². The highest BCUT2D eigenvalue weighted by atomic mass is 79.9. The standard InChI is InChI=1S/C10H17BrN2O2S2/c1-7(2)12-6-8-5-9(10(11)16-8)17(14,15)13(3)4/h5,7,12H,6H2,1-4H3. The van der Waals surface area contributed by atoms with Crippen molar-refractivity contribution in [3.63, 3.8) is 0 Å². The van der Waals surface area contributed by atoms with Gasteiger partial charge in [0.05, 0.1) is 3.79 Å². The molecule has 0 fully saturated rings. The Morgan fingerprint density at radius 1 is 1.47 bits per heavy atom. The lowest BCUT2D eigenvalue weighted by molar-refractivity contribution is 0.520. The number of nitrogens with one attached hydrogen (secondary N) is 1. The third-order valence-corrected chi connectivity index (χ3v) is 6.22. The molecule has 0 saturated heterocycles. The van der Waals surface area contributed by atoms with Crippen LogP contribution in [0.1, 0.15) is 18.7 Å². The summed E-state index contributed by atoms with van der Waals surface area (Å²) in [6.07, 6.45) is 0. The Hall–Kier alpha value is 0.0500. The van der Waals surface area contributed by atoms with Gasteiger partial charge in [0, 0.05) is 31.6 Å². The van der Waals surface area contributed by atoms with E-state index in [9.17, 15) is 8.42 Å². The molecule has 7 heteroatoms. The van der Waals surface area contributed by atoms with Gasteiger partial charge in [-0.2, -0.15) is 0 Å². The average molecular weight is 341 g/mol. The summed E-state index contributed by atoms with van der Waals surface area (Å²) in [5.74, 6) is 0. The molecule has 0 spiro atoms. The van der Waals surface area contributed by atoms with Crippen LogP contribution in [0.15, 0.2) is 14.7 Å². The van der Waals surface area contributed by atoms with E-state index < -0.39 is 10.0 Å². The van der Waals surface area contributed by atoms with Crippen LogP contribution in [0.3, 0.4) is 0 Å². The van der Waals surface area contributed by atoms with Gasteiger partial charge >= 0.3 is 0 Å². The molecule has 0 radical (unpaired) electrons. The van der Waals surface area contributed by atoms with Crippen molar-refractivity contribution in [3.8, 4) is 0 Å². The molecule has 1 rings (SSSR count). The van der Waals surface area contributed by atoms with Gasteiger partial charge in [0.25, 0.3) is 0 Å². The molecule has 17 heavy (non-hydrogen) atoms. The Bertz CT molecular complexity index is 480. The lowest BCUT2D eigenvalue weighted by atomic mass is 10.4. The molecule has 0 amide bonds. The molecule has 1 heterocycles. The summed E-state index contributed by atoms with van der Waals surface area (Å²) >= 11 is 4.76. The van der Waals surface area contributed by atoms with Gasteiger partial charge in [-0.1, -0.05) is 13.8 Å². The van der Waals surface area contributed by atoms with Crippen LogP contribution in [0.4, 0.5) is 0 Å². The maximum atomic E-state index is 12.0. The summed E-state index contributed by atoms with van der Waals surface area (Å²) in [7, 11) is -0.290. The summed E-state index contributed by atoms with van der Waals surface area (Å²) in [5, 5.41) is 3.26. The molecule has 1 aromatic rings. The van der Waals surface area contributed by atoms with Crippen LogP contribution in [0.2, 0.25) is 0 Å². The van der Waals surface area contributed by atoms with E-state index in [-0.39, 0.29) is 0 Å². The predicted molar refractivity (Wildman–Crippen MR) is 74.9 cm³/mol. The van der Waals surface area contributed by atoms with E-state index in [4.69, 9.17) is 0 Å². The van der Waals surface area contributed by atoms with Crippen LogP contribution in [0, 0.1) is 0 Å². The number of hydrogen-bond donors (Lipinski definition) is 1. The third kappa shape index (κ3) is 3.75. The molecule has 0 atom stereocenters. The van der Waals surface area contributed by atoms with E-state index in [1.807, 2.05) is 0 Å². The number of sulfonamides is 1. The van der Waals surface area contributed by atoms with E-state index in [1.54, 1.807) is 6.07 Å². The Labute approximate surface area is 115 Å². The SMILES string of the molecule is CC(C)NCc1cc(S(=O)(=O)N(C)C)c(Br)s1. The van der Waals surface area contributed by atoms with Crippen LogP contribution < -0.4 is 5.32 Å². The first kappa shape index (κ1) is 15.1. The summed E-state index contributed by atoms with van der Waals surface area (Å²) in [6, 6.07) is 2.10. The van der Waals surface area contributed by atoms with Crippen molar-refractivity contribution in [1.29, 1.82) is 0 Å². The molecule has 1 aromatic heterocycles. The maximum Gasteiger partial charge on any atom is 0.244 e. The van der Waals surface area contributed by atoms with Gasteiger partial charge in [-0.3, -0.25) is 0 Å². The lowest BCUT2D eigenvalue weighted by Gasteiger charge is -2.09. The molecule has 0 aliphatic carbocycles. The summed E-state index contributed by atoms with van der Waals surface area (Å²) < 4.78 is 25.9. The van der Waals surface area contributed by atoms with Crippen molar-refractivity contribution in [3.05, 3.63) is 14.7 Å². The fourth-order valence-electron chi connectivity index (χ4n) is 1.16. The molecular weight excluding hydrogens is 324 g/mol. The van der Waals surface area contributed by atoms with Crippen LogP contribution in [-0.4, -0.2) is 32.9 Å². The van der Waals surface area contributed by atoms with Crippen molar-refractivity contribution < 1.29 is 8.42 Å². The minimum Gasteiger partial charge on any atom is -0.310 e. The van der Waals surface area contributed by atoms with Crippen LogP contribution in [-0.2, 0) is 16.6 Å². The first-order valence-corrected chi connectivity index (χ1v) is 8.24. The highest BCUT2D eigenvalue weighted by Crippen LogP contribution is 2.32. The van der Waals surface area contributed by atoms with Crippen LogP contribution in [0.5, 0.6) is 0 Å². The molecule has 0 bridgehead atoms. The van der Waals surface area contributed by atoms with Crippen molar-refractivity contribution >= 4 is 37.3 Å². The summed E-state index contributed by atoms with van der Waals surface area (Å²) in [5.41, 5.74) is 0. The van der Waals surface area contributed by atoms with Crippen molar-refractivity contribution in [1.82, 2.24) is 9.62 Å². The van der Waals surface area contributed by atoms with Gasteiger partial charge in [-0.05, 0) is 22.0 Å². The second kappa shape index (κ2) is 5.79. The highest BCUT2D eigenvalue weighted by molar-refractivity contribution is 9.11. The van der Waals surface area contributed by atoms with E-state index in [2.05, 4.69) is 35.1 Å². The molecule has 0 unspecified atom stereocenters. The van der Waals surface area contributed by atoms with E-state index in [0.29, 0.717) is 21.3 Å². The Morgan fingerprint density at radius 2 is 2.06 bits per heavy atom. The summed E-state index contributed by atoms with van der Waals surface area (Å²) in [4.78, 5) is 1.35. The van der Waals surface area contributed by atoms with Crippen LogP contribution in [0.25, 0.3) is 0 Å². The molecule has 4 nitrogen and oxygen atoms in total. The van der Waals surface area contributed by atoms with Gasteiger partial charge in [-0.15, -0.1) is 11.3 Å². The normalized spacial score (nSPS) is 12.6. The lowest BCUT2D eigenvalue weighted by Crippen LogP contribution is -2.22. The number of rotatable bonds is 5. The zero-order valence-electron chi connectivity index (χ0n) is 10.3. The minimum atomic E-state index is -3.36. The first-order chi connectivity index (χ1) is 7.75. The second-order valence-electron chi connectivity index (χ2n) is 4.17. The molecule has 1 N–H and O–H groups in total. The highest BCUT2D eigenvalue weighted by Gasteiger charge is 2.23. The topological polar surface area (TPSA) is 49.4 Å². The van der Waals surface area contributed by atoms with Crippen molar-refractivity contribution in [2.45, 2.75) is 31.3 Å². The maximum absolute atomic E-state index is 12.0. The zero-order chi connectivity index (χ0) is 13.2. The number of nitrogens with zero attached hydrogens (tertiary/aromatic N) is 1. The van der Waals surface area contributed by atoms with Crippen LogP contribution >= 0.6 is 27.3 Å². The van der Waals surface area contributed by atoms with E-state index >= 15 is 0 Å². The fraction of sp³-hybridized carbons (Fsp3) is 0.600. The third-order valence-electron chi connectivity index (χ3n) is 2.15. The Morgan fingerprint density at radius 3 is 2.53 bits per heavy atom. The van der Waals surface area contributed by atoms with Gasteiger partial charge in [0.15, 0.2) is 0 Å². The van der Waals surface area contributed by atoms with Gasteiger partial charge in [0.2, 0.25) is 10.0 Å². The molecule has 0 saturated carbocycles. The molecule has 0 aliphatic rings. The summed E-state index contributed by atoms with van der Waals surface area (Å²) in [6.45, 7) is 4.80. The van der Waals surface area contributed by atoms with Crippen molar-refractivity contribution in [2.75, 3.05) is 14.1 Å². The minimum absolute atomic E-state index is 0.341. The zero-order valence-corrected chi connectivity index (χ0v) is 13.5. The van der Waals surface area contributed by atoms with Crippen molar-refractivity contribution in [2.24, 2.45) is 0 Å². The average Bonchev–Trinajstić information content (AvgIpc) is 2.57.